The minimum absolute atomic E-state index is 0.887. The average Bonchev–Trinajstić information content (AvgIpc) is 3.12. The molecule has 0 N–H and O–H groups in total. The van der Waals surface area contributed by atoms with Gasteiger partial charge in [0.25, 0.3) is 0 Å². The van der Waals surface area contributed by atoms with Gasteiger partial charge < -0.3 is 9.80 Å². The summed E-state index contributed by atoms with van der Waals surface area (Å²) in [5, 5.41) is 0. The number of anilines is 6. The lowest BCUT2D eigenvalue weighted by Crippen LogP contribution is -2.09. The lowest BCUT2D eigenvalue weighted by atomic mass is 9.99. The fourth-order valence-electron chi connectivity index (χ4n) is 6.05. The average molecular weight is 607 g/mol. The van der Waals surface area contributed by atoms with E-state index in [1.807, 2.05) is 0 Å². The van der Waals surface area contributed by atoms with Gasteiger partial charge in [-0.05, 0) is 115 Å². The van der Waals surface area contributed by atoms with Crippen molar-refractivity contribution in [2.75, 3.05) is 9.80 Å². The highest BCUT2D eigenvalue weighted by Gasteiger charge is 2.14. The van der Waals surface area contributed by atoms with E-state index in [0.29, 0.717) is 0 Å². The third-order valence-electron chi connectivity index (χ3n) is 8.63. The topological polar surface area (TPSA) is 6.48 Å². The molecule has 0 unspecified atom stereocenters. The first-order valence-corrected chi connectivity index (χ1v) is 16.2. The fraction of sp³-hybridized carbons (Fsp3) is 0.0667. The Kier molecular flexibility index (Phi) is 8.66. The quantitative estimate of drug-likeness (QED) is 0.161. The molecule has 0 saturated heterocycles. The fourth-order valence-corrected chi connectivity index (χ4v) is 6.05. The molecule has 0 aromatic heterocycles. The van der Waals surface area contributed by atoms with Crippen molar-refractivity contribution in [3.05, 3.63) is 204 Å². The summed E-state index contributed by atoms with van der Waals surface area (Å²) >= 11 is 0. The Balaban J connectivity index is 1.07. The van der Waals surface area contributed by atoms with Crippen LogP contribution in [0.2, 0.25) is 0 Å². The number of para-hydroxylation sites is 2. The molecule has 0 spiro atoms. The van der Waals surface area contributed by atoms with E-state index < -0.39 is 0 Å². The number of nitrogens with zero attached hydrogens (tertiary/aromatic N) is 2. The van der Waals surface area contributed by atoms with Crippen molar-refractivity contribution < 1.29 is 0 Å². The van der Waals surface area contributed by atoms with E-state index in [1.54, 1.807) is 0 Å². The van der Waals surface area contributed by atoms with Gasteiger partial charge in [-0.25, -0.2) is 0 Å². The first-order valence-electron chi connectivity index (χ1n) is 16.2. The molecule has 0 saturated carbocycles. The summed E-state index contributed by atoms with van der Waals surface area (Å²) in [6.45, 7) is 4.25. The second kappa shape index (κ2) is 13.6. The van der Waals surface area contributed by atoms with Gasteiger partial charge in [0.1, 0.15) is 0 Å². The van der Waals surface area contributed by atoms with Crippen LogP contribution in [0.25, 0.3) is 11.1 Å². The van der Waals surface area contributed by atoms with E-state index in [0.717, 1.165) is 40.5 Å². The number of aryl methyl sites for hydroxylation is 2. The molecule has 0 atom stereocenters. The van der Waals surface area contributed by atoms with E-state index in [-0.39, 0.29) is 0 Å². The van der Waals surface area contributed by atoms with Gasteiger partial charge in [0.15, 0.2) is 0 Å². The van der Waals surface area contributed by atoms with Gasteiger partial charge in [0.2, 0.25) is 0 Å². The van der Waals surface area contributed by atoms with Crippen molar-refractivity contribution in [1.82, 2.24) is 0 Å². The second-order valence-corrected chi connectivity index (χ2v) is 12.1. The maximum atomic E-state index is 2.31. The Morgan fingerprint density at radius 1 is 0.298 bits per heavy atom. The molecule has 7 rings (SSSR count). The Labute approximate surface area is 278 Å². The molecule has 0 radical (unpaired) electrons. The van der Waals surface area contributed by atoms with Crippen molar-refractivity contribution in [2.24, 2.45) is 0 Å². The molecule has 2 nitrogen and oxygen atoms in total. The summed E-state index contributed by atoms with van der Waals surface area (Å²) in [6.07, 6.45) is 0.887. The normalized spacial score (nSPS) is 10.9. The van der Waals surface area contributed by atoms with E-state index in [1.165, 1.54) is 33.4 Å². The molecule has 0 fully saturated rings. The largest absolute Gasteiger partial charge is 0.311 e. The predicted octanol–water partition coefficient (Wildman–Crippen LogP) is 12.5. The molecule has 0 aliphatic rings. The Hall–Kier alpha value is -5.86. The summed E-state index contributed by atoms with van der Waals surface area (Å²) in [5.41, 5.74) is 14.4. The zero-order valence-corrected chi connectivity index (χ0v) is 26.9. The van der Waals surface area contributed by atoms with Crippen LogP contribution >= 0.6 is 0 Å². The third kappa shape index (κ3) is 6.88. The summed E-state index contributed by atoms with van der Waals surface area (Å²) < 4.78 is 0. The van der Waals surface area contributed by atoms with Gasteiger partial charge in [0.05, 0.1) is 0 Å². The minimum atomic E-state index is 0.887. The van der Waals surface area contributed by atoms with Crippen molar-refractivity contribution in [1.29, 1.82) is 0 Å². The zero-order chi connectivity index (χ0) is 32.0. The van der Waals surface area contributed by atoms with E-state index in [2.05, 4.69) is 206 Å². The molecule has 0 bridgehead atoms. The van der Waals surface area contributed by atoms with Crippen molar-refractivity contribution >= 4 is 34.1 Å². The highest BCUT2D eigenvalue weighted by molar-refractivity contribution is 5.79. The highest BCUT2D eigenvalue weighted by atomic mass is 15.1. The molecule has 7 aromatic rings. The van der Waals surface area contributed by atoms with Crippen LogP contribution in [-0.4, -0.2) is 0 Å². The molecule has 2 heteroatoms. The van der Waals surface area contributed by atoms with Crippen molar-refractivity contribution in [2.45, 2.75) is 20.3 Å². The molecular formula is C45H38N2. The Morgan fingerprint density at radius 2 is 0.574 bits per heavy atom. The molecule has 0 heterocycles. The maximum Gasteiger partial charge on any atom is 0.0462 e. The van der Waals surface area contributed by atoms with Gasteiger partial charge in [-0.15, -0.1) is 0 Å². The van der Waals surface area contributed by atoms with Gasteiger partial charge in [-0.1, -0.05) is 120 Å². The van der Waals surface area contributed by atoms with Crippen molar-refractivity contribution in [3.63, 3.8) is 0 Å². The SMILES string of the molecule is Cc1ccc(N(c2ccccc2)c2ccc(Cc3ccc(-c4ccc(N(c5ccccc5)c5ccc(C)cc5)cc4)cc3)cc2)cc1. The standard InChI is InChI=1S/C45H38N2/c1-34-13-25-42(26-14-34)46(40-9-5-3-6-10-40)44-29-19-37(20-30-44)33-36-17-21-38(22-18-36)39-23-31-45(32-24-39)47(41-11-7-4-8-12-41)43-27-15-35(2)16-28-43/h3-32H,33H2,1-2H3. The molecule has 47 heavy (non-hydrogen) atoms. The summed E-state index contributed by atoms with van der Waals surface area (Å²) in [5.74, 6) is 0. The van der Waals surface area contributed by atoms with Crippen LogP contribution in [0.4, 0.5) is 34.1 Å². The highest BCUT2D eigenvalue weighted by Crippen LogP contribution is 2.37. The van der Waals surface area contributed by atoms with Crippen LogP contribution in [-0.2, 0) is 6.42 Å². The Bertz CT molecular complexity index is 2010. The van der Waals surface area contributed by atoms with Crippen molar-refractivity contribution in [3.8, 4) is 11.1 Å². The predicted molar refractivity (Wildman–Crippen MR) is 200 cm³/mol. The summed E-state index contributed by atoms with van der Waals surface area (Å²) in [6, 6.07) is 65.3. The number of rotatable bonds is 9. The first-order chi connectivity index (χ1) is 23.1. The van der Waals surface area contributed by atoms with Crippen LogP contribution in [0.5, 0.6) is 0 Å². The third-order valence-corrected chi connectivity index (χ3v) is 8.63. The lowest BCUT2D eigenvalue weighted by molar-refractivity contribution is 1.18. The summed E-state index contributed by atoms with van der Waals surface area (Å²) in [4.78, 5) is 4.61. The van der Waals surface area contributed by atoms with Crippen LogP contribution < -0.4 is 9.80 Å². The first kappa shape index (κ1) is 29.8. The zero-order valence-electron chi connectivity index (χ0n) is 26.9. The van der Waals surface area contributed by atoms with Crippen LogP contribution in [0.1, 0.15) is 22.3 Å². The number of hydrogen-bond acceptors (Lipinski definition) is 2. The maximum absolute atomic E-state index is 2.31. The van der Waals surface area contributed by atoms with E-state index >= 15 is 0 Å². The molecule has 228 valence electrons. The van der Waals surface area contributed by atoms with Crippen LogP contribution in [0.3, 0.4) is 0 Å². The molecule has 7 aromatic carbocycles. The van der Waals surface area contributed by atoms with Crippen LogP contribution in [0.15, 0.2) is 182 Å². The molecule has 0 aliphatic carbocycles. The van der Waals surface area contributed by atoms with Gasteiger partial charge in [0, 0.05) is 34.1 Å². The molecular weight excluding hydrogens is 569 g/mol. The Morgan fingerprint density at radius 3 is 0.957 bits per heavy atom. The molecule has 0 aliphatic heterocycles. The van der Waals surface area contributed by atoms with Gasteiger partial charge in [-0.2, -0.15) is 0 Å². The van der Waals surface area contributed by atoms with Crippen LogP contribution in [0, 0.1) is 13.8 Å². The molecule has 0 amide bonds. The number of benzene rings is 7. The van der Waals surface area contributed by atoms with Gasteiger partial charge in [-0.3, -0.25) is 0 Å². The summed E-state index contributed by atoms with van der Waals surface area (Å²) in [7, 11) is 0. The smallest absolute Gasteiger partial charge is 0.0462 e. The van der Waals surface area contributed by atoms with E-state index in [9.17, 15) is 0 Å². The monoisotopic (exact) mass is 606 g/mol. The van der Waals surface area contributed by atoms with E-state index in [4.69, 9.17) is 0 Å². The minimum Gasteiger partial charge on any atom is -0.311 e. The second-order valence-electron chi connectivity index (χ2n) is 12.1. The van der Waals surface area contributed by atoms with Gasteiger partial charge >= 0.3 is 0 Å². The number of hydrogen-bond donors (Lipinski definition) is 0. The lowest BCUT2D eigenvalue weighted by Gasteiger charge is -2.25.